The molecule has 5 nitrogen and oxygen atoms in total. The van der Waals surface area contributed by atoms with Crippen LogP contribution in [0.5, 0.6) is 0 Å². The van der Waals surface area contributed by atoms with Crippen molar-refractivity contribution in [3.63, 3.8) is 0 Å². The van der Waals surface area contributed by atoms with Crippen LogP contribution in [0.2, 0.25) is 0 Å². The summed E-state index contributed by atoms with van der Waals surface area (Å²) in [5, 5.41) is 12.0. The first-order valence-electron chi connectivity index (χ1n) is 5.05. The molecule has 1 aromatic carbocycles. The fourth-order valence-corrected chi connectivity index (χ4v) is 1.28. The van der Waals surface area contributed by atoms with Gasteiger partial charge in [-0.05, 0) is 5.56 Å². The quantitative estimate of drug-likeness (QED) is 0.674. The number of nitro groups is 1. The standard InChI is InChI=1S/C11H9F3N2O3/c12-11(13,14)10(17)15-6-9(7-16(18)19)8-4-2-1-3-5-8/h1-5,7H,6H2,(H,15,17). The minimum Gasteiger partial charge on any atom is -0.344 e. The van der Waals surface area contributed by atoms with E-state index in [1.54, 1.807) is 23.5 Å². The molecule has 0 saturated heterocycles. The SMILES string of the molecule is O=C(NCC(=C[N+](=O)[O-])c1ccccc1)C(F)(F)F. The molecule has 0 fully saturated rings. The third kappa shape index (κ3) is 4.78. The average Bonchev–Trinajstić information content (AvgIpc) is 2.33. The van der Waals surface area contributed by atoms with Crippen LogP contribution in [0, 0.1) is 10.1 Å². The highest BCUT2D eigenvalue weighted by atomic mass is 19.4. The zero-order valence-corrected chi connectivity index (χ0v) is 9.48. The van der Waals surface area contributed by atoms with Crippen LogP contribution in [0.1, 0.15) is 5.56 Å². The molecule has 0 atom stereocenters. The summed E-state index contributed by atoms with van der Waals surface area (Å²) in [4.78, 5) is 20.3. The molecule has 0 aromatic heterocycles. The zero-order valence-electron chi connectivity index (χ0n) is 9.48. The van der Waals surface area contributed by atoms with Gasteiger partial charge in [0.15, 0.2) is 0 Å². The second-order valence-corrected chi connectivity index (χ2v) is 3.49. The molecule has 8 heteroatoms. The van der Waals surface area contributed by atoms with Crippen LogP contribution in [0.15, 0.2) is 36.5 Å². The molecule has 1 amide bonds. The Kier molecular flexibility index (Phi) is 4.62. The fourth-order valence-electron chi connectivity index (χ4n) is 1.28. The Morgan fingerprint density at radius 3 is 2.37 bits per heavy atom. The van der Waals surface area contributed by atoms with Gasteiger partial charge in [-0.2, -0.15) is 13.2 Å². The number of carbonyl (C=O) groups excluding carboxylic acids is 1. The highest BCUT2D eigenvalue weighted by Crippen LogP contribution is 2.16. The summed E-state index contributed by atoms with van der Waals surface area (Å²) in [6, 6.07) is 7.80. The lowest BCUT2D eigenvalue weighted by molar-refractivity contribution is -0.401. The van der Waals surface area contributed by atoms with Crippen LogP contribution < -0.4 is 5.32 Å². The third-order valence-electron chi connectivity index (χ3n) is 2.10. The Hall–Kier alpha value is -2.38. The van der Waals surface area contributed by atoms with Gasteiger partial charge < -0.3 is 5.32 Å². The van der Waals surface area contributed by atoms with Gasteiger partial charge in [0.1, 0.15) is 0 Å². The van der Waals surface area contributed by atoms with E-state index in [1.165, 1.54) is 12.1 Å². The molecule has 19 heavy (non-hydrogen) atoms. The number of benzene rings is 1. The van der Waals surface area contributed by atoms with Crippen LogP contribution in [-0.4, -0.2) is 23.6 Å². The average molecular weight is 274 g/mol. The summed E-state index contributed by atoms with van der Waals surface area (Å²) in [6.45, 7) is -0.580. The number of alkyl halides is 3. The lowest BCUT2D eigenvalue weighted by atomic mass is 10.1. The lowest BCUT2D eigenvalue weighted by Gasteiger charge is -2.09. The number of amides is 1. The van der Waals surface area contributed by atoms with Gasteiger partial charge in [0.2, 0.25) is 6.20 Å². The normalized spacial score (nSPS) is 12.1. The first-order valence-corrected chi connectivity index (χ1v) is 5.05. The number of hydrogen-bond donors (Lipinski definition) is 1. The Balaban J connectivity index is 2.85. The predicted octanol–water partition coefficient (Wildman–Crippen LogP) is 1.98. The van der Waals surface area contributed by atoms with Gasteiger partial charge in [-0.25, -0.2) is 0 Å². The van der Waals surface area contributed by atoms with E-state index in [9.17, 15) is 28.1 Å². The van der Waals surface area contributed by atoms with E-state index in [-0.39, 0.29) is 5.57 Å². The van der Waals surface area contributed by atoms with Gasteiger partial charge in [0.05, 0.1) is 4.92 Å². The zero-order chi connectivity index (χ0) is 14.5. The lowest BCUT2D eigenvalue weighted by Crippen LogP contribution is -2.37. The number of halogens is 3. The minimum absolute atomic E-state index is 0.0248. The third-order valence-corrected chi connectivity index (χ3v) is 2.10. The molecule has 1 rings (SSSR count). The number of nitrogens with one attached hydrogen (secondary N) is 1. The highest BCUT2D eigenvalue weighted by molar-refractivity contribution is 5.83. The molecule has 0 aliphatic carbocycles. The van der Waals surface area contributed by atoms with Crippen LogP contribution in [-0.2, 0) is 4.79 Å². The van der Waals surface area contributed by atoms with Crippen LogP contribution in [0.3, 0.4) is 0 Å². The number of rotatable bonds is 4. The second kappa shape index (κ2) is 5.98. The van der Waals surface area contributed by atoms with E-state index < -0.39 is 23.6 Å². The van der Waals surface area contributed by atoms with Crippen molar-refractivity contribution in [2.45, 2.75) is 6.18 Å². The van der Waals surface area contributed by atoms with Crippen molar-refractivity contribution in [3.8, 4) is 0 Å². The molecule has 0 bridgehead atoms. The van der Waals surface area contributed by atoms with Crippen LogP contribution in [0.4, 0.5) is 13.2 Å². The van der Waals surface area contributed by atoms with E-state index in [0.717, 1.165) is 0 Å². The summed E-state index contributed by atoms with van der Waals surface area (Å²) in [5.74, 6) is -2.14. The Bertz CT molecular complexity index is 498. The van der Waals surface area contributed by atoms with Crippen molar-refractivity contribution in [3.05, 3.63) is 52.2 Å². The minimum atomic E-state index is -5.02. The molecule has 0 radical (unpaired) electrons. The molecule has 0 heterocycles. The van der Waals surface area contributed by atoms with Gasteiger partial charge in [0.25, 0.3) is 0 Å². The maximum Gasteiger partial charge on any atom is 0.471 e. The largest absolute Gasteiger partial charge is 0.471 e. The van der Waals surface area contributed by atoms with Crippen molar-refractivity contribution in [2.75, 3.05) is 6.54 Å². The van der Waals surface area contributed by atoms with Crippen molar-refractivity contribution < 1.29 is 22.9 Å². The van der Waals surface area contributed by atoms with Gasteiger partial charge in [-0.3, -0.25) is 14.9 Å². The Morgan fingerprint density at radius 1 is 1.32 bits per heavy atom. The highest BCUT2D eigenvalue weighted by Gasteiger charge is 2.38. The molecule has 0 aliphatic heterocycles. The fraction of sp³-hybridized carbons (Fsp3) is 0.182. The Morgan fingerprint density at radius 2 is 1.89 bits per heavy atom. The van der Waals surface area contributed by atoms with Gasteiger partial charge >= 0.3 is 12.1 Å². The summed E-state index contributed by atoms with van der Waals surface area (Å²) >= 11 is 0. The molecular formula is C11H9F3N2O3. The van der Waals surface area contributed by atoms with Crippen molar-refractivity contribution in [1.82, 2.24) is 5.32 Å². The van der Waals surface area contributed by atoms with Crippen LogP contribution in [0.25, 0.3) is 5.57 Å². The maximum absolute atomic E-state index is 12.0. The summed E-state index contributed by atoms with van der Waals surface area (Å²) in [5.41, 5.74) is 0.338. The Labute approximate surface area is 105 Å². The van der Waals surface area contributed by atoms with Gasteiger partial charge in [0, 0.05) is 12.1 Å². The molecule has 1 N–H and O–H groups in total. The molecular weight excluding hydrogens is 265 g/mol. The predicted molar refractivity (Wildman–Crippen MR) is 60.5 cm³/mol. The maximum atomic E-state index is 12.0. The molecule has 0 spiro atoms. The van der Waals surface area contributed by atoms with E-state index in [0.29, 0.717) is 11.8 Å². The first kappa shape index (κ1) is 14.7. The molecule has 102 valence electrons. The van der Waals surface area contributed by atoms with E-state index in [2.05, 4.69) is 0 Å². The molecule has 0 aliphatic rings. The topological polar surface area (TPSA) is 72.2 Å². The number of hydrogen-bond acceptors (Lipinski definition) is 3. The summed E-state index contributed by atoms with van der Waals surface area (Å²) in [7, 11) is 0. The van der Waals surface area contributed by atoms with Crippen molar-refractivity contribution in [2.24, 2.45) is 0 Å². The smallest absolute Gasteiger partial charge is 0.344 e. The first-order chi connectivity index (χ1) is 8.80. The summed E-state index contributed by atoms with van der Waals surface area (Å²) < 4.78 is 36.0. The monoisotopic (exact) mass is 274 g/mol. The molecule has 0 unspecified atom stereocenters. The number of nitrogens with zero attached hydrogens (tertiary/aromatic N) is 1. The van der Waals surface area contributed by atoms with E-state index in [4.69, 9.17) is 0 Å². The van der Waals surface area contributed by atoms with Crippen molar-refractivity contribution in [1.29, 1.82) is 0 Å². The van der Waals surface area contributed by atoms with Gasteiger partial charge in [-0.1, -0.05) is 30.3 Å². The van der Waals surface area contributed by atoms with E-state index >= 15 is 0 Å². The summed E-state index contributed by atoms with van der Waals surface area (Å²) in [6.07, 6.45) is -4.46. The van der Waals surface area contributed by atoms with Gasteiger partial charge in [-0.15, -0.1) is 0 Å². The van der Waals surface area contributed by atoms with Crippen molar-refractivity contribution >= 4 is 11.5 Å². The van der Waals surface area contributed by atoms with Crippen LogP contribution >= 0.6 is 0 Å². The number of carbonyl (C=O) groups is 1. The van der Waals surface area contributed by atoms with E-state index in [1.807, 2.05) is 0 Å². The molecule has 1 aromatic rings. The molecule has 0 saturated carbocycles. The second-order valence-electron chi connectivity index (χ2n) is 3.49.